The lowest BCUT2D eigenvalue weighted by Crippen LogP contribution is -2.26. The van der Waals surface area contributed by atoms with Crippen LogP contribution in [0.25, 0.3) is 0 Å². The van der Waals surface area contributed by atoms with Crippen LogP contribution in [0, 0.1) is 5.92 Å². The van der Waals surface area contributed by atoms with Crippen molar-refractivity contribution in [2.45, 2.75) is 45.6 Å². The molecule has 1 fully saturated rings. The van der Waals surface area contributed by atoms with Gasteiger partial charge in [-0.1, -0.05) is 19.1 Å². The van der Waals surface area contributed by atoms with Gasteiger partial charge in [0.25, 0.3) is 0 Å². The first-order chi connectivity index (χ1) is 8.69. The summed E-state index contributed by atoms with van der Waals surface area (Å²) in [6, 6.07) is 9.22. The van der Waals surface area contributed by atoms with Crippen LogP contribution in [-0.2, 0) is 6.42 Å². The summed E-state index contributed by atoms with van der Waals surface area (Å²) in [6.45, 7) is 6.72. The quantitative estimate of drug-likeness (QED) is 0.800. The summed E-state index contributed by atoms with van der Waals surface area (Å²) in [7, 11) is 0. The van der Waals surface area contributed by atoms with Crippen molar-refractivity contribution in [3.8, 4) is 0 Å². The molecule has 0 aromatic heterocycles. The molecule has 0 amide bonds. The lowest BCUT2D eigenvalue weighted by atomic mass is 10.1. The van der Waals surface area contributed by atoms with Gasteiger partial charge in [0.2, 0.25) is 0 Å². The fourth-order valence-electron chi connectivity index (χ4n) is 2.42. The molecule has 2 rings (SSSR count). The summed E-state index contributed by atoms with van der Waals surface area (Å²) < 4.78 is 0. The fourth-order valence-corrected chi connectivity index (χ4v) is 2.42. The van der Waals surface area contributed by atoms with Gasteiger partial charge < -0.3 is 10.6 Å². The maximum Gasteiger partial charge on any atom is 0.0366 e. The summed E-state index contributed by atoms with van der Waals surface area (Å²) in [5.74, 6) is 0.945. The second kappa shape index (κ2) is 6.24. The van der Waals surface area contributed by atoms with Gasteiger partial charge in [-0.2, -0.15) is 0 Å². The molecule has 1 unspecified atom stereocenters. The Hall–Kier alpha value is -1.02. The molecule has 2 nitrogen and oxygen atoms in total. The first-order valence-corrected chi connectivity index (χ1v) is 7.28. The topological polar surface area (TPSA) is 29.3 Å². The molecule has 0 aliphatic heterocycles. The molecule has 2 heteroatoms. The van der Waals surface area contributed by atoms with E-state index in [1.54, 1.807) is 0 Å². The fraction of sp³-hybridized carbons (Fsp3) is 0.625. The van der Waals surface area contributed by atoms with E-state index in [2.05, 4.69) is 43.0 Å². The van der Waals surface area contributed by atoms with Crippen LogP contribution < -0.4 is 10.6 Å². The third kappa shape index (κ3) is 4.02. The molecule has 1 aliphatic rings. The van der Waals surface area contributed by atoms with Gasteiger partial charge in [0.15, 0.2) is 0 Å². The average molecular weight is 246 g/mol. The largest absolute Gasteiger partial charge is 0.371 e. The normalized spacial score (nSPS) is 16.6. The highest BCUT2D eigenvalue weighted by Crippen LogP contribution is 2.31. The van der Waals surface area contributed by atoms with Gasteiger partial charge in [-0.3, -0.25) is 0 Å². The van der Waals surface area contributed by atoms with E-state index in [-0.39, 0.29) is 6.04 Å². The number of benzene rings is 1. The molecule has 0 bridgehead atoms. The molecule has 18 heavy (non-hydrogen) atoms. The smallest absolute Gasteiger partial charge is 0.0366 e. The molecule has 0 heterocycles. The van der Waals surface area contributed by atoms with Crippen molar-refractivity contribution in [3.63, 3.8) is 0 Å². The average Bonchev–Trinajstić information content (AvgIpc) is 3.13. The Morgan fingerprint density at radius 3 is 2.44 bits per heavy atom. The van der Waals surface area contributed by atoms with Gasteiger partial charge in [0, 0.05) is 24.8 Å². The van der Waals surface area contributed by atoms with Crippen molar-refractivity contribution in [3.05, 3.63) is 29.8 Å². The number of anilines is 1. The van der Waals surface area contributed by atoms with Crippen LogP contribution in [0.1, 0.15) is 38.7 Å². The Morgan fingerprint density at radius 2 is 1.94 bits per heavy atom. The number of nitrogens with two attached hydrogens (primary N) is 1. The molecule has 0 spiro atoms. The molecular formula is C16H26N2. The molecule has 0 saturated heterocycles. The van der Waals surface area contributed by atoms with E-state index in [1.165, 1.54) is 43.6 Å². The predicted octanol–water partition coefficient (Wildman–Crippen LogP) is 3.20. The zero-order valence-corrected chi connectivity index (χ0v) is 11.7. The Labute approximate surface area is 111 Å². The van der Waals surface area contributed by atoms with Crippen LogP contribution in [0.3, 0.4) is 0 Å². The zero-order valence-electron chi connectivity index (χ0n) is 11.7. The van der Waals surface area contributed by atoms with E-state index in [9.17, 15) is 0 Å². The van der Waals surface area contributed by atoms with Crippen LogP contribution in [0.2, 0.25) is 0 Å². The van der Waals surface area contributed by atoms with Crippen molar-refractivity contribution in [2.24, 2.45) is 11.7 Å². The highest BCUT2D eigenvalue weighted by molar-refractivity contribution is 5.48. The van der Waals surface area contributed by atoms with Crippen molar-refractivity contribution < 1.29 is 0 Å². The number of hydrogen-bond donors (Lipinski definition) is 1. The Morgan fingerprint density at radius 1 is 1.28 bits per heavy atom. The molecule has 1 atom stereocenters. The van der Waals surface area contributed by atoms with Crippen LogP contribution in [-0.4, -0.2) is 19.1 Å². The molecule has 1 aromatic rings. The maximum atomic E-state index is 5.83. The van der Waals surface area contributed by atoms with E-state index in [4.69, 9.17) is 5.73 Å². The minimum atomic E-state index is 0.244. The Bertz CT molecular complexity index is 352. The summed E-state index contributed by atoms with van der Waals surface area (Å²) in [6.07, 6.45) is 5.02. The minimum absolute atomic E-state index is 0.244. The lowest BCUT2D eigenvalue weighted by Gasteiger charge is -2.24. The predicted molar refractivity (Wildman–Crippen MR) is 79.0 cm³/mol. The molecule has 1 saturated carbocycles. The van der Waals surface area contributed by atoms with Gasteiger partial charge >= 0.3 is 0 Å². The third-order valence-corrected chi connectivity index (χ3v) is 3.53. The molecule has 1 aromatic carbocycles. The second-order valence-corrected chi connectivity index (χ2v) is 5.74. The summed E-state index contributed by atoms with van der Waals surface area (Å²) in [5, 5.41) is 0. The van der Waals surface area contributed by atoms with Gasteiger partial charge in [0.05, 0.1) is 0 Å². The summed E-state index contributed by atoms with van der Waals surface area (Å²) in [5.41, 5.74) is 8.55. The highest BCUT2D eigenvalue weighted by atomic mass is 15.1. The SMILES string of the molecule is CCCN(CC1CC1)c1ccc(CC(C)N)cc1. The molecule has 2 N–H and O–H groups in total. The van der Waals surface area contributed by atoms with E-state index in [1.807, 2.05) is 0 Å². The first-order valence-electron chi connectivity index (χ1n) is 7.28. The highest BCUT2D eigenvalue weighted by Gasteiger charge is 2.24. The first kappa shape index (κ1) is 13.4. The van der Waals surface area contributed by atoms with Gasteiger partial charge in [-0.15, -0.1) is 0 Å². The number of nitrogens with zero attached hydrogens (tertiary/aromatic N) is 1. The molecule has 0 radical (unpaired) electrons. The minimum Gasteiger partial charge on any atom is -0.371 e. The van der Waals surface area contributed by atoms with Crippen LogP contribution >= 0.6 is 0 Å². The van der Waals surface area contributed by atoms with Gasteiger partial charge in [-0.25, -0.2) is 0 Å². The van der Waals surface area contributed by atoms with Crippen LogP contribution in [0.5, 0.6) is 0 Å². The molecule has 100 valence electrons. The molecule has 1 aliphatic carbocycles. The Kier molecular flexibility index (Phi) is 4.65. The van der Waals surface area contributed by atoms with Crippen molar-refractivity contribution in [1.29, 1.82) is 0 Å². The van der Waals surface area contributed by atoms with Crippen molar-refractivity contribution >= 4 is 5.69 Å². The Balaban J connectivity index is 2.00. The monoisotopic (exact) mass is 246 g/mol. The van der Waals surface area contributed by atoms with Crippen molar-refractivity contribution in [2.75, 3.05) is 18.0 Å². The van der Waals surface area contributed by atoms with Crippen LogP contribution in [0.4, 0.5) is 5.69 Å². The van der Waals surface area contributed by atoms with Gasteiger partial charge in [-0.05, 0) is 56.2 Å². The van der Waals surface area contributed by atoms with E-state index in [0.29, 0.717) is 0 Å². The third-order valence-electron chi connectivity index (χ3n) is 3.53. The number of hydrogen-bond acceptors (Lipinski definition) is 2. The van der Waals surface area contributed by atoms with E-state index < -0.39 is 0 Å². The van der Waals surface area contributed by atoms with E-state index >= 15 is 0 Å². The van der Waals surface area contributed by atoms with Gasteiger partial charge in [0.1, 0.15) is 0 Å². The van der Waals surface area contributed by atoms with Crippen molar-refractivity contribution in [1.82, 2.24) is 0 Å². The van der Waals surface area contributed by atoms with Crippen LogP contribution in [0.15, 0.2) is 24.3 Å². The summed E-state index contributed by atoms with van der Waals surface area (Å²) in [4.78, 5) is 2.54. The standard InChI is InChI=1S/C16H26N2/c1-3-10-18(12-15-4-5-15)16-8-6-14(7-9-16)11-13(2)17/h6-9,13,15H,3-5,10-12,17H2,1-2H3. The second-order valence-electron chi connectivity index (χ2n) is 5.74. The molecular weight excluding hydrogens is 220 g/mol. The number of rotatable bonds is 7. The lowest BCUT2D eigenvalue weighted by molar-refractivity contribution is 0.707. The summed E-state index contributed by atoms with van der Waals surface area (Å²) >= 11 is 0. The maximum absolute atomic E-state index is 5.83. The zero-order chi connectivity index (χ0) is 13.0. The van der Waals surface area contributed by atoms with E-state index in [0.717, 1.165) is 12.3 Å².